The van der Waals surface area contributed by atoms with Crippen molar-refractivity contribution < 1.29 is 4.79 Å². The average Bonchev–Trinajstić information content (AvgIpc) is 2.30. The van der Waals surface area contributed by atoms with Gasteiger partial charge in [0, 0.05) is 19.0 Å². The third kappa shape index (κ3) is 3.78. The molecule has 3 nitrogen and oxygen atoms in total. The molecule has 1 amide bonds. The Bertz CT molecular complexity index is 224. The van der Waals surface area contributed by atoms with Gasteiger partial charge in [-0.25, -0.2) is 0 Å². The summed E-state index contributed by atoms with van der Waals surface area (Å²) in [4.78, 5) is 11.2. The summed E-state index contributed by atoms with van der Waals surface area (Å²) in [6.07, 6.45) is 10.2. The van der Waals surface area contributed by atoms with E-state index in [0.29, 0.717) is 12.5 Å². The molecule has 1 aliphatic carbocycles. The zero-order chi connectivity index (χ0) is 11.2. The van der Waals surface area contributed by atoms with E-state index in [9.17, 15) is 4.79 Å². The van der Waals surface area contributed by atoms with Crippen LogP contribution in [0.25, 0.3) is 0 Å². The maximum atomic E-state index is 11.2. The molecule has 92 valence electrons. The first kappa shape index (κ1) is 11.9. The Kier molecular flexibility index (Phi) is 4.64. The molecule has 0 aromatic carbocycles. The van der Waals surface area contributed by atoms with Crippen molar-refractivity contribution in [3.8, 4) is 0 Å². The van der Waals surface area contributed by atoms with Gasteiger partial charge in [0.05, 0.1) is 0 Å². The van der Waals surface area contributed by atoms with Gasteiger partial charge in [0.2, 0.25) is 5.91 Å². The summed E-state index contributed by atoms with van der Waals surface area (Å²) in [5.74, 6) is 1.15. The first-order valence-corrected chi connectivity index (χ1v) is 6.84. The van der Waals surface area contributed by atoms with Crippen LogP contribution in [0, 0.1) is 5.92 Å². The first-order chi connectivity index (χ1) is 7.84. The molecule has 3 heteroatoms. The van der Waals surface area contributed by atoms with Gasteiger partial charge in [0.1, 0.15) is 0 Å². The molecule has 2 rings (SSSR count). The molecule has 1 heterocycles. The van der Waals surface area contributed by atoms with Crippen LogP contribution in [0.2, 0.25) is 0 Å². The first-order valence-electron chi connectivity index (χ1n) is 6.84. The van der Waals surface area contributed by atoms with Crippen LogP contribution in [0.4, 0.5) is 0 Å². The number of hydrogen-bond donors (Lipinski definition) is 2. The Hall–Kier alpha value is -0.570. The lowest BCUT2D eigenvalue weighted by Gasteiger charge is -2.25. The van der Waals surface area contributed by atoms with Crippen molar-refractivity contribution in [2.75, 3.05) is 13.1 Å². The number of hydrogen-bond acceptors (Lipinski definition) is 2. The van der Waals surface area contributed by atoms with Crippen molar-refractivity contribution in [2.45, 2.75) is 57.4 Å². The summed E-state index contributed by atoms with van der Waals surface area (Å²) in [6, 6.07) is 0.428. The number of carbonyl (C=O) groups excluding carboxylic acids is 1. The van der Waals surface area contributed by atoms with Gasteiger partial charge in [0.25, 0.3) is 0 Å². The van der Waals surface area contributed by atoms with Gasteiger partial charge in [-0.1, -0.05) is 32.1 Å². The minimum Gasteiger partial charge on any atom is -0.356 e. The van der Waals surface area contributed by atoms with Crippen molar-refractivity contribution in [3.63, 3.8) is 0 Å². The largest absolute Gasteiger partial charge is 0.356 e. The lowest BCUT2D eigenvalue weighted by atomic mass is 9.87. The number of carbonyl (C=O) groups is 1. The van der Waals surface area contributed by atoms with Crippen molar-refractivity contribution in [2.24, 2.45) is 5.92 Å². The van der Waals surface area contributed by atoms with E-state index in [1.165, 1.54) is 38.5 Å². The van der Waals surface area contributed by atoms with Gasteiger partial charge >= 0.3 is 0 Å². The van der Waals surface area contributed by atoms with Crippen LogP contribution in [0.3, 0.4) is 0 Å². The van der Waals surface area contributed by atoms with Crippen LogP contribution in [0.5, 0.6) is 0 Å². The predicted molar refractivity (Wildman–Crippen MR) is 65.2 cm³/mol. The van der Waals surface area contributed by atoms with E-state index in [2.05, 4.69) is 10.6 Å². The SMILES string of the molecule is O=C1CC(NCCC2CCCCC2)CCN1. The van der Waals surface area contributed by atoms with E-state index in [0.717, 1.165) is 25.4 Å². The van der Waals surface area contributed by atoms with Gasteiger partial charge < -0.3 is 10.6 Å². The van der Waals surface area contributed by atoms with Crippen LogP contribution in [0.1, 0.15) is 51.4 Å². The molecule has 2 N–H and O–H groups in total. The summed E-state index contributed by atoms with van der Waals surface area (Å²) >= 11 is 0. The highest BCUT2D eigenvalue weighted by atomic mass is 16.1. The summed E-state index contributed by atoms with van der Waals surface area (Å²) in [7, 11) is 0. The molecule has 1 saturated heterocycles. The molecule has 1 unspecified atom stereocenters. The van der Waals surface area contributed by atoms with Crippen LogP contribution >= 0.6 is 0 Å². The van der Waals surface area contributed by atoms with Crippen LogP contribution in [-0.2, 0) is 4.79 Å². The summed E-state index contributed by atoms with van der Waals surface area (Å²) < 4.78 is 0. The lowest BCUT2D eigenvalue weighted by molar-refractivity contribution is -0.122. The maximum Gasteiger partial charge on any atom is 0.221 e. The quantitative estimate of drug-likeness (QED) is 0.765. The standard InChI is InChI=1S/C13H24N2O/c16-13-10-12(7-9-15-13)14-8-6-11-4-2-1-3-5-11/h11-12,14H,1-10H2,(H,15,16). The van der Waals surface area contributed by atoms with E-state index in [4.69, 9.17) is 0 Å². The molecule has 2 aliphatic rings. The van der Waals surface area contributed by atoms with E-state index in [-0.39, 0.29) is 5.91 Å². The average molecular weight is 224 g/mol. The summed E-state index contributed by atoms with van der Waals surface area (Å²) in [5, 5.41) is 6.41. The molecule has 1 aliphatic heterocycles. The third-order valence-electron chi connectivity index (χ3n) is 3.96. The molecule has 0 aromatic heterocycles. The summed E-state index contributed by atoms with van der Waals surface area (Å²) in [5.41, 5.74) is 0. The zero-order valence-electron chi connectivity index (χ0n) is 10.1. The van der Waals surface area contributed by atoms with Gasteiger partial charge in [-0.05, 0) is 25.3 Å². The number of rotatable bonds is 4. The Morgan fingerprint density at radius 2 is 2.00 bits per heavy atom. The molecular weight excluding hydrogens is 200 g/mol. The molecule has 1 atom stereocenters. The highest BCUT2D eigenvalue weighted by molar-refractivity contribution is 5.77. The fourth-order valence-corrected chi connectivity index (χ4v) is 2.93. The molecule has 0 aromatic rings. The highest BCUT2D eigenvalue weighted by Gasteiger charge is 2.19. The Labute approximate surface area is 98.4 Å². The van der Waals surface area contributed by atoms with E-state index in [1.807, 2.05) is 0 Å². The fraction of sp³-hybridized carbons (Fsp3) is 0.923. The minimum absolute atomic E-state index is 0.210. The van der Waals surface area contributed by atoms with Gasteiger partial charge in [0.15, 0.2) is 0 Å². The molecular formula is C13H24N2O. The second-order valence-electron chi connectivity index (χ2n) is 5.29. The molecule has 1 saturated carbocycles. The highest BCUT2D eigenvalue weighted by Crippen LogP contribution is 2.25. The predicted octanol–water partition coefficient (Wildman–Crippen LogP) is 1.82. The Balaban J connectivity index is 1.58. The second-order valence-corrected chi connectivity index (χ2v) is 5.29. The Morgan fingerprint density at radius 1 is 1.19 bits per heavy atom. The summed E-state index contributed by atoms with van der Waals surface area (Å²) in [6.45, 7) is 1.95. The van der Waals surface area contributed by atoms with Gasteiger partial charge in [-0.3, -0.25) is 4.79 Å². The third-order valence-corrected chi connectivity index (χ3v) is 3.96. The minimum atomic E-state index is 0.210. The van der Waals surface area contributed by atoms with Gasteiger partial charge in [-0.15, -0.1) is 0 Å². The molecule has 0 radical (unpaired) electrons. The van der Waals surface area contributed by atoms with E-state index in [1.54, 1.807) is 0 Å². The maximum absolute atomic E-state index is 11.2. The van der Waals surface area contributed by atoms with Crippen molar-refractivity contribution in [3.05, 3.63) is 0 Å². The second kappa shape index (κ2) is 6.24. The number of nitrogens with one attached hydrogen (secondary N) is 2. The van der Waals surface area contributed by atoms with Crippen LogP contribution < -0.4 is 10.6 Å². The molecule has 2 fully saturated rings. The monoisotopic (exact) mass is 224 g/mol. The number of amides is 1. The lowest BCUT2D eigenvalue weighted by Crippen LogP contribution is -2.43. The molecule has 16 heavy (non-hydrogen) atoms. The van der Waals surface area contributed by atoms with Crippen LogP contribution in [0.15, 0.2) is 0 Å². The van der Waals surface area contributed by atoms with Gasteiger partial charge in [-0.2, -0.15) is 0 Å². The van der Waals surface area contributed by atoms with E-state index < -0.39 is 0 Å². The topological polar surface area (TPSA) is 41.1 Å². The normalized spacial score (nSPS) is 27.8. The number of piperidine rings is 1. The van der Waals surface area contributed by atoms with Crippen molar-refractivity contribution in [1.82, 2.24) is 10.6 Å². The van der Waals surface area contributed by atoms with E-state index >= 15 is 0 Å². The smallest absolute Gasteiger partial charge is 0.221 e. The Morgan fingerprint density at radius 3 is 2.75 bits per heavy atom. The molecule has 0 bridgehead atoms. The molecule has 0 spiro atoms. The zero-order valence-corrected chi connectivity index (χ0v) is 10.1. The van der Waals surface area contributed by atoms with Crippen LogP contribution in [-0.4, -0.2) is 25.0 Å². The fourth-order valence-electron chi connectivity index (χ4n) is 2.93. The van der Waals surface area contributed by atoms with Crippen molar-refractivity contribution >= 4 is 5.91 Å². The van der Waals surface area contributed by atoms with Crippen molar-refractivity contribution in [1.29, 1.82) is 0 Å².